The topological polar surface area (TPSA) is 70.5 Å². The van der Waals surface area contributed by atoms with E-state index >= 15 is 0 Å². The van der Waals surface area contributed by atoms with Gasteiger partial charge in [-0.3, -0.25) is 9.59 Å². The second-order valence-corrected chi connectivity index (χ2v) is 5.29. The third-order valence-corrected chi connectivity index (χ3v) is 3.47. The SMILES string of the molecule is CC(C)N(CC(=O)O)C(=O)c1cnc(Cl)c2ccccc12. The predicted molar refractivity (Wildman–Crippen MR) is 80.6 cm³/mol. The third-order valence-electron chi connectivity index (χ3n) is 3.17. The number of carbonyl (C=O) groups is 2. The van der Waals surface area contributed by atoms with E-state index in [9.17, 15) is 9.59 Å². The number of hydrogen-bond acceptors (Lipinski definition) is 3. The van der Waals surface area contributed by atoms with Crippen LogP contribution in [0.5, 0.6) is 0 Å². The number of fused-ring (bicyclic) bond motifs is 1. The number of pyridine rings is 1. The van der Waals surface area contributed by atoms with Crippen LogP contribution in [-0.2, 0) is 4.79 Å². The van der Waals surface area contributed by atoms with Crippen molar-refractivity contribution in [1.82, 2.24) is 9.88 Å². The lowest BCUT2D eigenvalue weighted by atomic mass is 10.1. The van der Waals surface area contributed by atoms with E-state index in [0.717, 1.165) is 0 Å². The van der Waals surface area contributed by atoms with Crippen LogP contribution in [0, 0.1) is 0 Å². The number of amides is 1. The molecule has 0 unspecified atom stereocenters. The van der Waals surface area contributed by atoms with Gasteiger partial charge in [0.2, 0.25) is 0 Å². The summed E-state index contributed by atoms with van der Waals surface area (Å²) in [6.45, 7) is 3.19. The smallest absolute Gasteiger partial charge is 0.323 e. The summed E-state index contributed by atoms with van der Waals surface area (Å²) in [6, 6.07) is 6.92. The number of carboxylic acid groups (broad SMARTS) is 1. The third kappa shape index (κ3) is 3.13. The van der Waals surface area contributed by atoms with Crippen LogP contribution in [0.3, 0.4) is 0 Å². The molecule has 1 N–H and O–H groups in total. The van der Waals surface area contributed by atoms with Crippen molar-refractivity contribution in [3.8, 4) is 0 Å². The van der Waals surface area contributed by atoms with Gasteiger partial charge in [-0.05, 0) is 19.2 Å². The van der Waals surface area contributed by atoms with Crippen molar-refractivity contribution in [3.63, 3.8) is 0 Å². The van der Waals surface area contributed by atoms with Gasteiger partial charge in [0.1, 0.15) is 11.7 Å². The van der Waals surface area contributed by atoms with Crippen LogP contribution >= 0.6 is 11.6 Å². The highest BCUT2D eigenvalue weighted by Gasteiger charge is 2.23. The number of benzene rings is 1. The predicted octanol–water partition coefficient (Wildman–Crippen LogP) is 2.82. The molecular weight excluding hydrogens is 292 g/mol. The molecule has 0 atom stereocenters. The first-order valence-electron chi connectivity index (χ1n) is 6.47. The maximum absolute atomic E-state index is 12.6. The molecule has 0 bridgehead atoms. The maximum atomic E-state index is 12.6. The normalized spacial score (nSPS) is 10.9. The Kier molecular flexibility index (Phi) is 4.43. The van der Waals surface area contributed by atoms with Crippen LogP contribution in [0.2, 0.25) is 5.15 Å². The Labute approximate surface area is 127 Å². The number of carboxylic acids is 1. The number of halogens is 1. The maximum Gasteiger partial charge on any atom is 0.323 e. The number of hydrogen-bond donors (Lipinski definition) is 1. The van der Waals surface area contributed by atoms with Gasteiger partial charge in [0.15, 0.2) is 0 Å². The first-order valence-corrected chi connectivity index (χ1v) is 6.85. The van der Waals surface area contributed by atoms with Crippen molar-refractivity contribution in [2.24, 2.45) is 0 Å². The van der Waals surface area contributed by atoms with Gasteiger partial charge in [-0.15, -0.1) is 0 Å². The van der Waals surface area contributed by atoms with E-state index in [0.29, 0.717) is 21.5 Å². The summed E-state index contributed by atoms with van der Waals surface area (Å²) < 4.78 is 0. The fourth-order valence-corrected chi connectivity index (χ4v) is 2.33. The zero-order chi connectivity index (χ0) is 15.6. The molecule has 0 aliphatic heterocycles. The number of nitrogens with zero attached hydrogens (tertiary/aromatic N) is 2. The van der Waals surface area contributed by atoms with Crippen LogP contribution in [-0.4, -0.2) is 39.5 Å². The summed E-state index contributed by atoms with van der Waals surface area (Å²) in [5.74, 6) is -1.42. The Bertz CT molecular complexity index is 700. The molecule has 1 aromatic carbocycles. The summed E-state index contributed by atoms with van der Waals surface area (Å²) in [5, 5.41) is 10.6. The molecule has 1 heterocycles. The molecule has 110 valence electrons. The molecule has 2 aromatic rings. The van der Waals surface area contributed by atoms with Crippen molar-refractivity contribution >= 4 is 34.2 Å². The van der Waals surface area contributed by atoms with Crippen molar-refractivity contribution < 1.29 is 14.7 Å². The Morgan fingerprint density at radius 2 is 1.90 bits per heavy atom. The lowest BCUT2D eigenvalue weighted by Crippen LogP contribution is -2.40. The summed E-state index contributed by atoms with van der Waals surface area (Å²) >= 11 is 6.03. The van der Waals surface area contributed by atoms with Gasteiger partial charge in [-0.2, -0.15) is 0 Å². The molecule has 0 fully saturated rings. The molecule has 0 aliphatic carbocycles. The van der Waals surface area contributed by atoms with Crippen molar-refractivity contribution in [1.29, 1.82) is 0 Å². The van der Waals surface area contributed by atoms with Gasteiger partial charge in [0.05, 0.1) is 5.56 Å². The zero-order valence-corrected chi connectivity index (χ0v) is 12.5. The van der Waals surface area contributed by atoms with Gasteiger partial charge >= 0.3 is 5.97 Å². The zero-order valence-electron chi connectivity index (χ0n) is 11.7. The Hall–Kier alpha value is -2.14. The highest BCUT2D eigenvalue weighted by atomic mass is 35.5. The minimum atomic E-state index is -1.05. The summed E-state index contributed by atoms with van der Waals surface area (Å²) in [4.78, 5) is 28.9. The quantitative estimate of drug-likeness (QED) is 0.882. The van der Waals surface area contributed by atoms with E-state index in [1.807, 2.05) is 6.07 Å². The second-order valence-electron chi connectivity index (χ2n) is 4.93. The summed E-state index contributed by atoms with van der Waals surface area (Å²) in [5.41, 5.74) is 0.352. The number of aromatic nitrogens is 1. The fraction of sp³-hybridized carbons (Fsp3) is 0.267. The van der Waals surface area contributed by atoms with Crippen molar-refractivity contribution in [3.05, 3.63) is 41.2 Å². The van der Waals surface area contributed by atoms with Gasteiger partial charge in [0.25, 0.3) is 5.91 Å². The largest absolute Gasteiger partial charge is 0.480 e. The van der Waals surface area contributed by atoms with Crippen LogP contribution in [0.4, 0.5) is 0 Å². The Balaban J connectivity index is 2.52. The highest BCUT2D eigenvalue weighted by Crippen LogP contribution is 2.25. The van der Waals surface area contributed by atoms with Crippen LogP contribution < -0.4 is 0 Å². The molecule has 0 radical (unpaired) electrons. The van der Waals surface area contributed by atoms with E-state index in [4.69, 9.17) is 16.7 Å². The van der Waals surface area contributed by atoms with Gasteiger partial charge in [-0.25, -0.2) is 4.98 Å². The number of rotatable bonds is 4. The van der Waals surface area contributed by atoms with E-state index in [1.54, 1.807) is 32.0 Å². The van der Waals surface area contributed by atoms with Crippen LogP contribution in [0.1, 0.15) is 24.2 Å². The molecule has 1 amide bonds. The molecule has 0 aliphatic rings. The minimum absolute atomic E-state index is 0.233. The average Bonchev–Trinajstić information content (AvgIpc) is 2.44. The molecule has 0 saturated heterocycles. The molecule has 2 rings (SSSR count). The Morgan fingerprint density at radius 1 is 1.29 bits per heavy atom. The van der Waals surface area contributed by atoms with E-state index in [1.165, 1.54) is 11.1 Å². The second kappa shape index (κ2) is 6.10. The molecular formula is C15H15ClN2O3. The van der Waals surface area contributed by atoms with Crippen LogP contribution in [0.15, 0.2) is 30.5 Å². The molecule has 0 saturated carbocycles. The van der Waals surface area contributed by atoms with Gasteiger partial charge < -0.3 is 10.0 Å². The first-order chi connectivity index (χ1) is 9.91. The van der Waals surface area contributed by atoms with E-state index in [2.05, 4.69) is 4.98 Å². The molecule has 0 spiro atoms. The molecule has 5 nitrogen and oxygen atoms in total. The number of aliphatic carboxylic acids is 1. The lowest BCUT2D eigenvalue weighted by Gasteiger charge is -2.25. The average molecular weight is 307 g/mol. The Morgan fingerprint density at radius 3 is 2.48 bits per heavy atom. The molecule has 1 aromatic heterocycles. The number of carbonyl (C=O) groups excluding carboxylic acids is 1. The minimum Gasteiger partial charge on any atom is -0.480 e. The van der Waals surface area contributed by atoms with E-state index < -0.39 is 5.97 Å². The van der Waals surface area contributed by atoms with Gasteiger partial charge in [0, 0.05) is 17.6 Å². The first kappa shape index (κ1) is 15.3. The van der Waals surface area contributed by atoms with Crippen LogP contribution in [0.25, 0.3) is 10.8 Å². The monoisotopic (exact) mass is 306 g/mol. The van der Waals surface area contributed by atoms with Gasteiger partial charge in [-0.1, -0.05) is 35.9 Å². The lowest BCUT2D eigenvalue weighted by molar-refractivity contribution is -0.138. The summed E-state index contributed by atoms with van der Waals surface area (Å²) in [7, 11) is 0. The van der Waals surface area contributed by atoms with E-state index in [-0.39, 0.29) is 18.5 Å². The molecule has 6 heteroatoms. The standard InChI is InChI=1S/C15H15ClN2O3/c1-9(2)18(8-13(19)20)15(21)12-7-17-14(16)11-6-4-3-5-10(11)12/h3-7,9H,8H2,1-2H3,(H,19,20). The van der Waals surface area contributed by atoms with Crippen molar-refractivity contribution in [2.45, 2.75) is 19.9 Å². The van der Waals surface area contributed by atoms with Crippen molar-refractivity contribution in [2.75, 3.05) is 6.54 Å². The fourth-order valence-electron chi connectivity index (χ4n) is 2.12. The summed E-state index contributed by atoms with van der Waals surface area (Å²) in [6.07, 6.45) is 1.39. The highest BCUT2D eigenvalue weighted by molar-refractivity contribution is 6.34. The molecule has 21 heavy (non-hydrogen) atoms.